The van der Waals surface area contributed by atoms with Gasteiger partial charge in [0.1, 0.15) is 0 Å². The predicted octanol–water partition coefficient (Wildman–Crippen LogP) is 1.40. The van der Waals surface area contributed by atoms with Crippen LogP contribution in [0.2, 0.25) is 0 Å². The molecular weight excluding hydrogens is 210 g/mol. The molecule has 2 atom stereocenters. The third kappa shape index (κ3) is 4.23. The zero-order valence-electron chi connectivity index (χ0n) is 11.8. The van der Waals surface area contributed by atoms with E-state index in [-0.39, 0.29) is 0 Å². The van der Waals surface area contributed by atoms with Gasteiger partial charge in [-0.25, -0.2) is 0 Å². The van der Waals surface area contributed by atoms with Gasteiger partial charge in [-0.1, -0.05) is 0 Å². The molecule has 0 amide bonds. The van der Waals surface area contributed by atoms with Gasteiger partial charge in [-0.05, 0) is 59.2 Å². The van der Waals surface area contributed by atoms with E-state index in [1.165, 1.54) is 45.4 Å². The SMILES string of the molecule is CC(NCCN1CCCN(C)CC1C)C1CC1. The van der Waals surface area contributed by atoms with Crippen LogP contribution in [0.25, 0.3) is 0 Å². The monoisotopic (exact) mass is 239 g/mol. The summed E-state index contributed by atoms with van der Waals surface area (Å²) in [5.74, 6) is 0.975. The molecule has 0 aromatic carbocycles. The van der Waals surface area contributed by atoms with E-state index in [2.05, 4.69) is 36.0 Å². The lowest BCUT2D eigenvalue weighted by Gasteiger charge is -2.28. The molecule has 1 saturated heterocycles. The molecule has 0 spiro atoms. The molecule has 3 nitrogen and oxygen atoms in total. The van der Waals surface area contributed by atoms with E-state index in [0.717, 1.165) is 18.5 Å². The molecule has 2 unspecified atom stereocenters. The summed E-state index contributed by atoms with van der Waals surface area (Å²) in [6, 6.07) is 1.44. The second kappa shape index (κ2) is 6.17. The first kappa shape index (κ1) is 13.3. The summed E-state index contributed by atoms with van der Waals surface area (Å²) in [7, 11) is 2.24. The van der Waals surface area contributed by atoms with Crippen LogP contribution in [0.5, 0.6) is 0 Å². The summed E-state index contributed by atoms with van der Waals surface area (Å²) in [4.78, 5) is 5.11. The van der Waals surface area contributed by atoms with Crippen LogP contribution in [-0.4, -0.2) is 61.7 Å². The third-order valence-electron chi connectivity index (χ3n) is 4.38. The average Bonchev–Trinajstić information content (AvgIpc) is 3.09. The van der Waals surface area contributed by atoms with Crippen molar-refractivity contribution in [3.05, 3.63) is 0 Å². The molecule has 2 fully saturated rings. The number of rotatable bonds is 5. The van der Waals surface area contributed by atoms with Crippen LogP contribution in [0.4, 0.5) is 0 Å². The maximum atomic E-state index is 3.69. The molecule has 2 aliphatic rings. The van der Waals surface area contributed by atoms with Crippen LogP contribution in [-0.2, 0) is 0 Å². The van der Waals surface area contributed by atoms with Crippen molar-refractivity contribution in [3.63, 3.8) is 0 Å². The van der Waals surface area contributed by atoms with Crippen LogP contribution in [0.3, 0.4) is 0 Å². The molecule has 100 valence electrons. The molecule has 0 bridgehead atoms. The molecule has 1 N–H and O–H groups in total. The van der Waals surface area contributed by atoms with Gasteiger partial charge < -0.3 is 10.2 Å². The highest BCUT2D eigenvalue weighted by Gasteiger charge is 2.27. The Morgan fingerprint density at radius 3 is 2.76 bits per heavy atom. The van der Waals surface area contributed by atoms with Gasteiger partial charge in [-0.15, -0.1) is 0 Å². The predicted molar refractivity (Wildman–Crippen MR) is 73.3 cm³/mol. The quantitative estimate of drug-likeness (QED) is 0.782. The second-order valence-corrected chi connectivity index (χ2v) is 6.08. The lowest BCUT2D eigenvalue weighted by Crippen LogP contribution is -2.43. The Hall–Kier alpha value is -0.120. The van der Waals surface area contributed by atoms with Crippen LogP contribution >= 0.6 is 0 Å². The van der Waals surface area contributed by atoms with E-state index in [0.29, 0.717) is 6.04 Å². The summed E-state index contributed by atoms with van der Waals surface area (Å²) >= 11 is 0. The zero-order valence-corrected chi connectivity index (χ0v) is 11.8. The van der Waals surface area contributed by atoms with Crippen LogP contribution in [0.15, 0.2) is 0 Å². The molecule has 1 aliphatic heterocycles. The fourth-order valence-electron chi connectivity index (χ4n) is 2.95. The number of hydrogen-bond donors (Lipinski definition) is 1. The molecule has 3 heteroatoms. The third-order valence-corrected chi connectivity index (χ3v) is 4.38. The zero-order chi connectivity index (χ0) is 12.3. The molecule has 17 heavy (non-hydrogen) atoms. The molecular formula is C14H29N3. The largest absolute Gasteiger partial charge is 0.313 e. The van der Waals surface area contributed by atoms with Crippen molar-refractivity contribution in [3.8, 4) is 0 Å². The van der Waals surface area contributed by atoms with Gasteiger partial charge in [0.25, 0.3) is 0 Å². The number of nitrogens with zero attached hydrogens (tertiary/aromatic N) is 2. The Labute approximate surface area is 107 Å². The van der Waals surface area contributed by atoms with E-state index in [1.807, 2.05) is 0 Å². The number of nitrogens with one attached hydrogen (secondary N) is 1. The smallest absolute Gasteiger partial charge is 0.0195 e. The number of likely N-dealkylation sites (N-methyl/N-ethyl adjacent to an activating group) is 1. The Morgan fingerprint density at radius 1 is 1.29 bits per heavy atom. The van der Waals surface area contributed by atoms with Gasteiger partial charge in [-0.3, -0.25) is 4.90 Å². The fourth-order valence-corrected chi connectivity index (χ4v) is 2.95. The maximum absolute atomic E-state index is 3.69. The van der Waals surface area contributed by atoms with Crippen LogP contribution in [0, 0.1) is 5.92 Å². The first-order valence-electron chi connectivity index (χ1n) is 7.33. The van der Waals surface area contributed by atoms with Gasteiger partial charge in [-0.2, -0.15) is 0 Å². The molecule has 0 aromatic heterocycles. The molecule has 0 radical (unpaired) electrons. The van der Waals surface area contributed by atoms with E-state index in [9.17, 15) is 0 Å². The minimum atomic E-state index is 0.709. The van der Waals surface area contributed by atoms with Crippen LogP contribution < -0.4 is 5.32 Å². The minimum absolute atomic E-state index is 0.709. The first-order chi connectivity index (χ1) is 8.16. The lowest BCUT2D eigenvalue weighted by molar-refractivity contribution is 0.200. The van der Waals surface area contributed by atoms with Crippen molar-refractivity contribution >= 4 is 0 Å². The van der Waals surface area contributed by atoms with Gasteiger partial charge in [0.15, 0.2) is 0 Å². The summed E-state index contributed by atoms with van der Waals surface area (Å²) in [6.07, 6.45) is 4.21. The Bertz CT molecular complexity index is 228. The summed E-state index contributed by atoms with van der Waals surface area (Å²) in [5.41, 5.74) is 0. The summed E-state index contributed by atoms with van der Waals surface area (Å²) in [6.45, 7) is 10.8. The summed E-state index contributed by atoms with van der Waals surface area (Å²) in [5, 5.41) is 3.69. The Balaban J connectivity index is 1.66. The van der Waals surface area contributed by atoms with E-state index < -0.39 is 0 Å². The van der Waals surface area contributed by atoms with E-state index in [4.69, 9.17) is 0 Å². The molecule has 1 aliphatic carbocycles. The maximum Gasteiger partial charge on any atom is 0.0195 e. The standard InChI is InChI=1S/C14H29N3/c1-12-11-16(3)8-4-9-17(12)10-7-15-13(2)14-5-6-14/h12-15H,4-11H2,1-3H3. The fraction of sp³-hybridized carbons (Fsp3) is 1.00. The normalized spacial score (nSPS) is 30.2. The highest BCUT2D eigenvalue weighted by Crippen LogP contribution is 2.32. The van der Waals surface area contributed by atoms with E-state index >= 15 is 0 Å². The second-order valence-electron chi connectivity index (χ2n) is 6.08. The van der Waals surface area contributed by atoms with Crippen molar-refractivity contribution in [1.82, 2.24) is 15.1 Å². The average molecular weight is 239 g/mol. The highest BCUT2D eigenvalue weighted by atomic mass is 15.2. The van der Waals surface area contributed by atoms with Gasteiger partial charge in [0, 0.05) is 31.7 Å². The van der Waals surface area contributed by atoms with E-state index in [1.54, 1.807) is 0 Å². The highest BCUT2D eigenvalue weighted by molar-refractivity contribution is 4.84. The van der Waals surface area contributed by atoms with Gasteiger partial charge in [0.05, 0.1) is 0 Å². The van der Waals surface area contributed by atoms with Crippen molar-refractivity contribution in [2.45, 2.75) is 45.2 Å². The van der Waals surface area contributed by atoms with Crippen molar-refractivity contribution < 1.29 is 0 Å². The van der Waals surface area contributed by atoms with Crippen molar-refractivity contribution in [2.75, 3.05) is 39.8 Å². The van der Waals surface area contributed by atoms with Gasteiger partial charge in [0.2, 0.25) is 0 Å². The van der Waals surface area contributed by atoms with Crippen LogP contribution in [0.1, 0.15) is 33.1 Å². The lowest BCUT2D eigenvalue weighted by atomic mass is 10.2. The van der Waals surface area contributed by atoms with Gasteiger partial charge >= 0.3 is 0 Å². The summed E-state index contributed by atoms with van der Waals surface area (Å²) < 4.78 is 0. The first-order valence-corrected chi connectivity index (χ1v) is 7.33. The Morgan fingerprint density at radius 2 is 2.06 bits per heavy atom. The Kier molecular flexibility index (Phi) is 4.83. The molecule has 0 aromatic rings. The molecule has 1 heterocycles. The topological polar surface area (TPSA) is 18.5 Å². The van der Waals surface area contributed by atoms with Crippen molar-refractivity contribution in [1.29, 1.82) is 0 Å². The number of hydrogen-bond acceptors (Lipinski definition) is 3. The van der Waals surface area contributed by atoms with Crippen molar-refractivity contribution in [2.24, 2.45) is 5.92 Å². The minimum Gasteiger partial charge on any atom is -0.313 e. The molecule has 2 rings (SSSR count). The molecule has 1 saturated carbocycles.